The summed E-state index contributed by atoms with van der Waals surface area (Å²) in [4.78, 5) is 14.8. The molecule has 2 N–H and O–H groups in total. The first kappa shape index (κ1) is 17.8. The Hall–Kier alpha value is -2.64. The number of halogens is 1. The predicted octanol–water partition coefficient (Wildman–Crippen LogP) is 3.54. The van der Waals surface area contributed by atoms with Crippen molar-refractivity contribution in [3.63, 3.8) is 0 Å². The van der Waals surface area contributed by atoms with E-state index in [9.17, 15) is 9.90 Å². The second-order valence-corrected chi connectivity index (χ2v) is 7.23. The number of aromatic amines is 1. The van der Waals surface area contributed by atoms with Crippen molar-refractivity contribution < 1.29 is 14.6 Å². The molecule has 0 saturated carbocycles. The molecule has 1 aliphatic heterocycles. The minimum atomic E-state index is -0.440. The quantitative estimate of drug-likeness (QED) is 0.652. The van der Waals surface area contributed by atoms with Gasteiger partial charge in [-0.15, -0.1) is 0 Å². The first-order chi connectivity index (χ1) is 13.1. The Bertz CT molecular complexity index is 988. The third-order valence-corrected chi connectivity index (χ3v) is 5.58. The highest BCUT2D eigenvalue weighted by Crippen LogP contribution is 2.38. The molecule has 138 valence electrons. The number of ether oxygens (including phenoxy) is 1. The predicted molar refractivity (Wildman–Crippen MR) is 104 cm³/mol. The summed E-state index contributed by atoms with van der Waals surface area (Å²) in [5.41, 5.74) is 4.22. The molecule has 0 bridgehead atoms. The first-order valence-corrected chi connectivity index (χ1v) is 9.29. The Morgan fingerprint density at radius 1 is 1.33 bits per heavy atom. The maximum absolute atomic E-state index is 13.1. The summed E-state index contributed by atoms with van der Waals surface area (Å²) in [5, 5.41) is 16.8. The lowest BCUT2D eigenvalue weighted by atomic mass is 10.0. The summed E-state index contributed by atoms with van der Waals surface area (Å²) in [6.07, 6.45) is 3.51. The van der Waals surface area contributed by atoms with Crippen LogP contribution in [-0.4, -0.2) is 39.8 Å². The van der Waals surface area contributed by atoms with Crippen LogP contribution in [0.2, 0.25) is 0 Å². The Morgan fingerprint density at radius 3 is 2.89 bits per heavy atom. The molecule has 0 radical (unpaired) electrons. The molecule has 1 aliphatic rings. The van der Waals surface area contributed by atoms with Crippen LogP contribution < -0.4 is 4.74 Å². The number of hydrogen-bond acceptors (Lipinski definition) is 4. The van der Waals surface area contributed by atoms with Crippen LogP contribution in [0.15, 0.2) is 53.3 Å². The number of aliphatic hydroxyl groups excluding tert-OH is 1. The van der Waals surface area contributed by atoms with E-state index in [2.05, 4.69) is 26.1 Å². The molecule has 4 rings (SSSR count). The number of carbonyl (C=O) groups is 1. The second kappa shape index (κ2) is 7.17. The van der Waals surface area contributed by atoms with Gasteiger partial charge in [0.1, 0.15) is 5.75 Å². The summed E-state index contributed by atoms with van der Waals surface area (Å²) in [5.74, 6) is 0.594. The van der Waals surface area contributed by atoms with Gasteiger partial charge in [-0.2, -0.15) is 5.10 Å². The van der Waals surface area contributed by atoms with E-state index in [1.807, 2.05) is 36.4 Å². The van der Waals surface area contributed by atoms with E-state index < -0.39 is 6.04 Å². The van der Waals surface area contributed by atoms with E-state index in [4.69, 9.17) is 4.74 Å². The number of nitrogens with one attached hydrogen (secondary N) is 1. The van der Waals surface area contributed by atoms with Gasteiger partial charge >= 0.3 is 0 Å². The Morgan fingerprint density at radius 2 is 2.19 bits per heavy atom. The maximum Gasteiger partial charge on any atom is 0.255 e. The number of methoxy groups -OCH3 is 1. The molecule has 2 heterocycles. The summed E-state index contributed by atoms with van der Waals surface area (Å²) in [7, 11) is 1.60. The number of H-pyrrole nitrogens is 1. The van der Waals surface area contributed by atoms with Crippen molar-refractivity contribution in [2.75, 3.05) is 13.7 Å². The lowest BCUT2D eigenvalue weighted by Gasteiger charge is -2.26. The van der Waals surface area contributed by atoms with E-state index in [1.54, 1.807) is 24.4 Å². The largest absolute Gasteiger partial charge is 0.497 e. The Kier molecular flexibility index (Phi) is 4.72. The van der Waals surface area contributed by atoms with Gasteiger partial charge in [0.25, 0.3) is 5.91 Å². The van der Waals surface area contributed by atoms with Gasteiger partial charge in [0.05, 0.1) is 26.0 Å². The van der Waals surface area contributed by atoms with Gasteiger partial charge in [0.15, 0.2) is 0 Å². The fraction of sp³-hybridized carbons (Fsp3) is 0.200. The van der Waals surface area contributed by atoms with Gasteiger partial charge in [-0.1, -0.05) is 28.1 Å². The number of benzene rings is 2. The van der Waals surface area contributed by atoms with E-state index in [-0.39, 0.29) is 12.5 Å². The molecule has 0 aliphatic carbocycles. The van der Waals surface area contributed by atoms with Crippen LogP contribution in [0.1, 0.15) is 27.5 Å². The van der Waals surface area contributed by atoms with E-state index >= 15 is 0 Å². The highest BCUT2D eigenvalue weighted by molar-refractivity contribution is 9.10. The number of aromatic nitrogens is 2. The number of fused-ring (bicyclic) bond motifs is 1. The van der Waals surface area contributed by atoms with Gasteiger partial charge in [0, 0.05) is 28.3 Å². The lowest BCUT2D eigenvalue weighted by molar-refractivity contribution is 0.0615. The summed E-state index contributed by atoms with van der Waals surface area (Å²) in [6.45, 7) is 0.266. The molecule has 1 unspecified atom stereocenters. The second-order valence-electron chi connectivity index (χ2n) is 6.38. The van der Waals surface area contributed by atoms with Crippen LogP contribution in [0.25, 0.3) is 11.1 Å². The van der Waals surface area contributed by atoms with Gasteiger partial charge < -0.3 is 14.7 Å². The average Bonchev–Trinajstić information content (AvgIpc) is 3.33. The molecule has 1 amide bonds. The van der Waals surface area contributed by atoms with Gasteiger partial charge in [0.2, 0.25) is 0 Å². The van der Waals surface area contributed by atoms with E-state index in [1.165, 1.54) is 0 Å². The van der Waals surface area contributed by atoms with Crippen molar-refractivity contribution in [2.24, 2.45) is 0 Å². The summed E-state index contributed by atoms with van der Waals surface area (Å²) in [6, 6.07) is 10.9. The number of nitrogens with zero attached hydrogens (tertiary/aromatic N) is 2. The Balaban J connectivity index is 1.71. The standard InChI is InChI=1S/C20H18BrN3O3/c1-27-15-4-2-3-12(5-15)19(11-25)24-10-17-16(20(24)26)6-13(7-18(17)21)14-8-22-23-9-14/h2-9,19,25H,10-11H2,1H3,(H,22,23). The smallest absolute Gasteiger partial charge is 0.255 e. The molecule has 0 spiro atoms. The van der Waals surface area contributed by atoms with Crippen molar-refractivity contribution in [3.05, 3.63) is 70.0 Å². The zero-order valence-corrected chi connectivity index (χ0v) is 16.2. The first-order valence-electron chi connectivity index (χ1n) is 8.49. The average molecular weight is 428 g/mol. The van der Waals surface area contributed by atoms with Crippen molar-refractivity contribution in [1.29, 1.82) is 0 Å². The van der Waals surface area contributed by atoms with Crippen LogP contribution in [0, 0.1) is 0 Å². The van der Waals surface area contributed by atoms with Crippen LogP contribution >= 0.6 is 15.9 Å². The van der Waals surface area contributed by atoms with Gasteiger partial charge in [-0.05, 0) is 41.0 Å². The Labute approximate surface area is 164 Å². The normalized spacial score (nSPS) is 14.3. The molecule has 1 atom stereocenters. The summed E-state index contributed by atoms with van der Waals surface area (Å²) < 4.78 is 6.15. The van der Waals surface area contributed by atoms with Crippen molar-refractivity contribution in [1.82, 2.24) is 15.1 Å². The monoisotopic (exact) mass is 427 g/mol. The number of aliphatic hydroxyl groups is 1. The molecule has 27 heavy (non-hydrogen) atoms. The highest BCUT2D eigenvalue weighted by Gasteiger charge is 2.35. The molecule has 1 aromatic heterocycles. The molecule has 2 aromatic carbocycles. The number of hydrogen-bond donors (Lipinski definition) is 2. The third-order valence-electron chi connectivity index (χ3n) is 4.87. The summed E-state index contributed by atoms with van der Waals surface area (Å²) >= 11 is 3.60. The SMILES string of the molecule is COc1cccc(C(CO)N2Cc3c(Br)cc(-c4cn[nH]c4)cc3C2=O)c1. The zero-order valence-electron chi connectivity index (χ0n) is 14.6. The van der Waals surface area contributed by atoms with Crippen molar-refractivity contribution >= 4 is 21.8 Å². The fourth-order valence-corrected chi connectivity index (χ4v) is 4.03. The topological polar surface area (TPSA) is 78.5 Å². The molecule has 0 fully saturated rings. The third kappa shape index (κ3) is 3.13. The minimum absolute atomic E-state index is 0.0992. The highest BCUT2D eigenvalue weighted by atomic mass is 79.9. The molecule has 7 heteroatoms. The lowest BCUT2D eigenvalue weighted by Crippen LogP contribution is -2.31. The van der Waals surface area contributed by atoms with E-state index in [0.29, 0.717) is 17.9 Å². The molecule has 6 nitrogen and oxygen atoms in total. The van der Waals surface area contributed by atoms with Crippen LogP contribution in [-0.2, 0) is 6.54 Å². The number of rotatable bonds is 5. The van der Waals surface area contributed by atoms with Gasteiger partial charge in [-0.25, -0.2) is 0 Å². The zero-order chi connectivity index (χ0) is 19.0. The molecule has 0 saturated heterocycles. The van der Waals surface area contributed by atoms with Crippen molar-refractivity contribution in [3.8, 4) is 16.9 Å². The number of amides is 1. The van der Waals surface area contributed by atoms with Crippen LogP contribution in [0.3, 0.4) is 0 Å². The molecule has 3 aromatic rings. The van der Waals surface area contributed by atoms with Crippen molar-refractivity contribution in [2.45, 2.75) is 12.6 Å². The maximum atomic E-state index is 13.1. The van der Waals surface area contributed by atoms with Crippen LogP contribution in [0.5, 0.6) is 5.75 Å². The van der Waals surface area contributed by atoms with Gasteiger partial charge in [-0.3, -0.25) is 9.89 Å². The molecular weight excluding hydrogens is 410 g/mol. The molecular formula is C20H18BrN3O3. The minimum Gasteiger partial charge on any atom is -0.497 e. The van der Waals surface area contributed by atoms with Crippen LogP contribution in [0.4, 0.5) is 0 Å². The number of carbonyl (C=O) groups excluding carboxylic acids is 1. The fourth-order valence-electron chi connectivity index (χ4n) is 3.44. The van der Waals surface area contributed by atoms with E-state index in [0.717, 1.165) is 26.7 Å².